The SMILES string of the molecule is CCCNC1(CO)CCC(Oc2ccccc2C)C1. The number of hydrogen-bond donors (Lipinski definition) is 2. The molecule has 0 amide bonds. The van der Waals surface area contributed by atoms with E-state index in [2.05, 4.69) is 25.2 Å². The fourth-order valence-electron chi connectivity index (χ4n) is 2.80. The molecular formula is C16H25NO2. The van der Waals surface area contributed by atoms with Crippen LogP contribution in [0, 0.1) is 6.92 Å². The van der Waals surface area contributed by atoms with Crippen molar-refractivity contribution in [3.05, 3.63) is 29.8 Å². The van der Waals surface area contributed by atoms with Crippen LogP contribution in [0.15, 0.2) is 24.3 Å². The lowest BCUT2D eigenvalue weighted by Gasteiger charge is -2.28. The summed E-state index contributed by atoms with van der Waals surface area (Å²) in [6.07, 6.45) is 4.17. The van der Waals surface area contributed by atoms with Gasteiger partial charge in [-0.15, -0.1) is 0 Å². The molecule has 0 spiro atoms. The van der Waals surface area contributed by atoms with E-state index in [9.17, 15) is 5.11 Å². The van der Waals surface area contributed by atoms with E-state index >= 15 is 0 Å². The van der Waals surface area contributed by atoms with Gasteiger partial charge in [-0.3, -0.25) is 0 Å². The molecule has 1 saturated carbocycles. The second-order valence-corrected chi connectivity index (χ2v) is 5.61. The summed E-state index contributed by atoms with van der Waals surface area (Å²) in [6, 6.07) is 8.12. The molecule has 1 aliphatic rings. The highest BCUT2D eigenvalue weighted by atomic mass is 16.5. The van der Waals surface area contributed by atoms with Crippen molar-refractivity contribution in [1.29, 1.82) is 0 Å². The molecule has 2 rings (SSSR count). The van der Waals surface area contributed by atoms with Gasteiger partial charge in [0.05, 0.1) is 6.61 Å². The van der Waals surface area contributed by atoms with Crippen molar-refractivity contribution in [2.24, 2.45) is 0 Å². The molecule has 2 N–H and O–H groups in total. The van der Waals surface area contributed by atoms with Gasteiger partial charge in [0.25, 0.3) is 0 Å². The van der Waals surface area contributed by atoms with Gasteiger partial charge >= 0.3 is 0 Å². The minimum atomic E-state index is -0.136. The van der Waals surface area contributed by atoms with Gasteiger partial charge in [0, 0.05) is 12.0 Å². The smallest absolute Gasteiger partial charge is 0.122 e. The zero-order valence-corrected chi connectivity index (χ0v) is 12.0. The molecule has 106 valence electrons. The van der Waals surface area contributed by atoms with Gasteiger partial charge in [0.1, 0.15) is 11.9 Å². The van der Waals surface area contributed by atoms with Crippen molar-refractivity contribution in [3.63, 3.8) is 0 Å². The summed E-state index contributed by atoms with van der Waals surface area (Å²) in [7, 11) is 0. The summed E-state index contributed by atoms with van der Waals surface area (Å²) in [4.78, 5) is 0. The number of aryl methyl sites for hydroxylation is 1. The Morgan fingerprint density at radius 3 is 2.89 bits per heavy atom. The fourth-order valence-corrected chi connectivity index (χ4v) is 2.80. The number of rotatable bonds is 6. The highest BCUT2D eigenvalue weighted by Gasteiger charge is 2.39. The highest BCUT2D eigenvalue weighted by Crippen LogP contribution is 2.33. The number of aliphatic hydroxyl groups is 1. The third-order valence-corrected chi connectivity index (χ3v) is 4.00. The molecule has 1 aromatic carbocycles. The van der Waals surface area contributed by atoms with Crippen LogP contribution in [0.25, 0.3) is 0 Å². The standard InChI is InChI=1S/C16H25NO2/c1-3-10-17-16(12-18)9-8-14(11-16)19-15-7-5-4-6-13(15)2/h4-7,14,17-18H,3,8-12H2,1-2H3. The molecule has 1 aliphatic carbocycles. The lowest BCUT2D eigenvalue weighted by molar-refractivity contribution is 0.140. The van der Waals surface area contributed by atoms with E-state index in [1.165, 1.54) is 5.56 Å². The molecule has 0 aliphatic heterocycles. The van der Waals surface area contributed by atoms with Crippen LogP contribution in [-0.2, 0) is 0 Å². The number of aliphatic hydroxyl groups excluding tert-OH is 1. The van der Waals surface area contributed by atoms with Crippen LogP contribution in [0.3, 0.4) is 0 Å². The molecule has 0 aromatic heterocycles. The molecule has 2 atom stereocenters. The van der Waals surface area contributed by atoms with Gasteiger partial charge in [-0.1, -0.05) is 25.1 Å². The Bertz CT molecular complexity index is 407. The van der Waals surface area contributed by atoms with Crippen molar-refractivity contribution in [2.75, 3.05) is 13.2 Å². The van der Waals surface area contributed by atoms with Crippen LogP contribution in [0.1, 0.15) is 38.2 Å². The first-order valence-electron chi connectivity index (χ1n) is 7.27. The van der Waals surface area contributed by atoms with E-state index in [0.717, 1.165) is 38.0 Å². The minimum absolute atomic E-state index is 0.136. The molecule has 1 fully saturated rings. The van der Waals surface area contributed by atoms with E-state index < -0.39 is 0 Å². The van der Waals surface area contributed by atoms with Crippen LogP contribution in [0.5, 0.6) is 5.75 Å². The van der Waals surface area contributed by atoms with E-state index in [0.29, 0.717) is 0 Å². The Kier molecular flexibility index (Phi) is 4.83. The summed E-state index contributed by atoms with van der Waals surface area (Å²) in [5, 5.41) is 13.2. The van der Waals surface area contributed by atoms with Crippen LogP contribution in [0.2, 0.25) is 0 Å². The van der Waals surface area contributed by atoms with Crippen LogP contribution >= 0.6 is 0 Å². The maximum absolute atomic E-state index is 9.66. The molecule has 0 radical (unpaired) electrons. The molecule has 1 aromatic rings. The Morgan fingerprint density at radius 2 is 2.21 bits per heavy atom. The van der Waals surface area contributed by atoms with E-state index in [1.54, 1.807) is 0 Å². The topological polar surface area (TPSA) is 41.5 Å². The molecule has 19 heavy (non-hydrogen) atoms. The highest BCUT2D eigenvalue weighted by molar-refractivity contribution is 5.32. The maximum atomic E-state index is 9.66. The number of ether oxygens (including phenoxy) is 1. The van der Waals surface area contributed by atoms with E-state index in [-0.39, 0.29) is 18.2 Å². The average Bonchev–Trinajstić information content (AvgIpc) is 2.83. The van der Waals surface area contributed by atoms with E-state index in [4.69, 9.17) is 4.74 Å². The third kappa shape index (κ3) is 3.48. The normalized spacial score (nSPS) is 26.6. The van der Waals surface area contributed by atoms with Gasteiger partial charge in [0.2, 0.25) is 0 Å². The Morgan fingerprint density at radius 1 is 1.42 bits per heavy atom. The predicted molar refractivity (Wildman–Crippen MR) is 77.6 cm³/mol. The minimum Gasteiger partial charge on any atom is -0.490 e. The zero-order valence-electron chi connectivity index (χ0n) is 12.0. The molecule has 0 saturated heterocycles. The number of para-hydroxylation sites is 1. The number of nitrogens with one attached hydrogen (secondary N) is 1. The largest absolute Gasteiger partial charge is 0.490 e. The predicted octanol–water partition coefficient (Wildman–Crippen LogP) is 2.66. The first kappa shape index (κ1) is 14.4. The van der Waals surface area contributed by atoms with Crippen LogP contribution in [-0.4, -0.2) is 29.9 Å². The summed E-state index contributed by atoms with van der Waals surface area (Å²) in [5.41, 5.74) is 1.04. The van der Waals surface area contributed by atoms with Gasteiger partial charge < -0.3 is 15.2 Å². The summed E-state index contributed by atoms with van der Waals surface area (Å²) in [5.74, 6) is 0.969. The van der Waals surface area contributed by atoms with Crippen molar-refractivity contribution < 1.29 is 9.84 Å². The lowest BCUT2D eigenvalue weighted by atomic mass is 9.98. The van der Waals surface area contributed by atoms with Crippen LogP contribution in [0.4, 0.5) is 0 Å². The quantitative estimate of drug-likeness (QED) is 0.829. The number of benzene rings is 1. The van der Waals surface area contributed by atoms with Crippen molar-refractivity contribution in [1.82, 2.24) is 5.32 Å². The number of hydrogen-bond acceptors (Lipinski definition) is 3. The van der Waals surface area contributed by atoms with Gasteiger partial charge in [-0.2, -0.15) is 0 Å². The Labute approximate surface area is 116 Å². The average molecular weight is 263 g/mol. The van der Waals surface area contributed by atoms with Gasteiger partial charge in [0.15, 0.2) is 0 Å². The van der Waals surface area contributed by atoms with E-state index in [1.807, 2.05) is 18.2 Å². The molecule has 0 heterocycles. The zero-order chi connectivity index (χ0) is 13.7. The summed E-state index contributed by atoms with van der Waals surface area (Å²) >= 11 is 0. The second-order valence-electron chi connectivity index (χ2n) is 5.61. The Hall–Kier alpha value is -1.06. The summed E-state index contributed by atoms with van der Waals surface area (Å²) < 4.78 is 6.09. The van der Waals surface area contributed by atoms with Crippen molar-refractivity contribution >= 4 is 0 Å². The monoisotopic (exact) mass is 263 g/mol. The fraction of sp³-hybridized carbons (Fsp3) is 0.625. The molecule has 2 unspecified atom stereocenters. The summed E-state index contributed by atoms with van der Waals surface area (Å²) in [6.45, 7) is 5.37. The third-order valence-electron chi connectivity index (χ3n) is 4.00. The van der Waals surface area contributed by atoms with Crippen molar-refractivity contribution in [3.8, 4) is 5.75 Å². The maximum Gasteiger partial charge on any atom is 0.122 e. The van der Waals surface area contributed by atoms with Gasteiger partial charge in [-0.25, -0.2) is 0 Å². The Balaban J connectivity index is 1.96. The first-order valence-corrected chi connectivity index (χ1v) is 7.27. The molecule has 3 nitrogen and oxygen atoms in total. The van der Waals surface area contributed by atoms with Crippen LogP contribution < -0.4 is 10.1 Å². The molecular weight excluding hydrogens is 238 g/mol. The first-order chi connectivity index (χ1) is 9.19. The lowest BCUT2D eigenvalue weighted by Crippen LogP contribution is -2.47. The second kappa shape index (κ2) is 6.40. The molecule has 3 heteroatoms. The van der Waals surface area contributed by atoms with Gasteiger partial charge in [-0.05, 0) is 44.4 Å². The molecule has 0 bridgehead atoms. The van der Waals surface area contributed by atoms with Crippen molar-refractivity contribution in [2.45, 2.75) is 51.2 Å².